The van der Waals surface area contributed by atoms with Crippen molar-refractivity contribution in [2.24, 2.45) is 0 Å². The average molecular weight is 371 g/mol. The lowest BCUT2D eigenvalue weighted by Gasteiger charge is -2.10. The number of hydrogen-bond donors (Lipinski definition) is 1. The zero-order valence-corrected chi connectivity index (χ0v) is 14.0. The van der Waals surface area contributed by atoms with Gasteiger partial charge in [-0.15, -0.1) is 11.3 Å². The number of hydrogen-bond acceptors (Lipinski definition) is 5. The molecule has 23 heavy (non-hydrogen) atoms. The van der Waals surface area contributed by atoms with Crippen molar-refractivity contribution in [2.45, 2.75) is 6.04 Å². The number of rotatable bonds is 3. The van der Waals surface area contributed by atoms with Crippen molar-refractivity contribution in [3.05, 3.63) is 56.5 Å². The molecule has 0 saturated heterocycles. The van der Waals surface area contributed by atoms with Crippen LogP contribution < -0.4 is 10.0 Å². The lowest BCUT2D eigenvalue weighted by molar-refractivity contribution is -0.607. The van der Waals surface area contributed by atoms with Gasteiger partial charge in [0.15, 0.2) is 16.0 Å². The number of thiophene rings is 1. The largest absolute Gasteiger partial charge is 0.618 e. The minimum Gasteiger partial charge on any atom is -0.618 e. The normalized spacial score (nSPS) is 18.9. The molecule has 1 aliphatic rings. The summed E-state index contributed by atoms with van der Waals surface area (Å²) in [4.78, 5) is 12.1. The highest BCUT2D eigenvalue weighted by Crippen LogP contribution is 2.31. The van der Waals surface area contributed by atoms with Gasteiger partial charge in [-0.1, -0.05) is 11.6 Å². The molecule has 0 radical (unpaired) electrons. The summed E-state index contributed by atoms with van der Waals surface area (Å²) in [6.45, 7) is 0. The Morgan fingerprint density at radius 2 is 2.17 bits per heavy atom. The van der Waals surface area contributed by atoms with Crippen LogP contribution in [0.1, 0.15) is 10.5 Å². The third kappa shape index (κ3) is 3.39. The van der Waals surface area contributed by atoms with Gasteiger partial charge in [0.25, 0.3) is 5.69 Å². The first-order chi connectivity index (χ1) is 10.9. The van der Waals surface area contributed by atoms with Crippen molar-refractivity contribution in [1.82, 2.24) is 5.32 Å². The number of pyridine rings is 1. The number of aromatic nitrogens is 1. The molecule has 1 aliphatic heterocycles. The Hall–Kier alpha value is -1.90. The third-order valence-corrected chi connectivity index (χ3v) is 5.89. The Bertz CT molecular complexity index is 905. The van der Waals surface area contributed by atoms with E-state index in [2.05, 4.69) is 5.32 Å². The fourth-order valence-corrected chi connectivity index (χ4v) is 4.42. The van der Waals surface area contributed by atoms with Gasteiger partial charge >= 0.3 is 5.91 Å². The molecular weight excluding hydrogens is 360 g/mol. The van der Waals surface area contributed by atoms with E-state index < -0.39 is 21.8 Å². The standard InChI is InChI=1S/C14H11ClN2O4S2/c15-13-11(3-5-22-13)9-1-2-12(17(19)7-9)14(18)16-10-4-6-23(20,21)8-10/h1-7,10H,8H2,(H,16,18). The second-order valence-electron chi connectivity index (χ2n) is 4.97. The summed E-state index contributed by atoms with van der Waals surface area (Å²) in [5, 5.41) is 17.4. The lowest BCUT2D eigenvalue weighted by atomic mass is 10.1. The second kappa shape index (κ2) is 5.95. The molecule has 1 N–H and O–H groups in total. The Labute approximate surface area is 141 Å². The zero-order chi connectivity index (χ0) is 16.6. The lowest BCUT2D eigenvalue weighted by Crippen LogP contribution is -2.43. The summed E-state index contributed by atoms with van der Waals surface area (Å²) in [6, 6.07) is 4.17. The Morgan fingerprint density at radius 1 is 1.39 bits per heavy atom. The maximum Gasteiger partial charge on any atom is 0.317 e. The maximum atomic E-state index is 12.1. The Balaban J connectivity index is 1.80. The van der Waals surface area contributed by atoms with E-state index in [9.17, 15) is 18.4 Å². The van der Waals surface area contributed by atoms with Gasteiger partial charge in [0.1, 0.15) is 4.34 Å². The predicted octanol–water partition coefficient (Wildman–Crippen LogP) is 1.74. The van der Waals surface area contributed by atoms with Crippen molar-refractivity contribution < 1.29 is 17.9 Å². The van der Waals surface area contributed by atoms with Crippen LogP contribution in [0, 0.1) is 5.21 Å². The first kappa shape index (κ1) is 16.0. The van der Waals surface area contributed by atoms with Crippen LogP contribution in [0.4, 0.5) is 0 Å². The van der Waals surface area contributed by atoms with Crippen molar-refractivity contribution in [2.75, 3.05) is 5.75 Å². The molecule has 1 atom stereocenters. The summed E-state index contributed by atoms with van der Waals surface area (Å²) in [5.41, 5.74) is 1.21. The summed E-state index contributed by atoms with van der Waals surface area (Å²) in [5.74, 6) is -0.824. The van der Waals surface area contributed by atoms with Crippen LogP contribution in [0.3, 0.4) is 0 Å². The number of sulfone groups is 1. The zero-order valence-electron chi connectivity index (χ0n) is 11.6. The number of nitrogens with one attached hydrogen (secondary N) is 1. The third-order valence-electron chi connectivity index (χ3n) is 3.32. The molecular formula is C14H11ClN2O4S2. The molecule has 1 unspecified atom stereocenters. The molecule has 1 amide bonds. The maximum absolute atomic E-state index is 12.1. The summed E-state index contributed by atoms with van der Waals surface area (Å²) in [7, 11) is -3.27. The van der Waals surface area contributed by atoms with Gasteiger partial charge in [0.2, 0.25) is 0 Å². The minimum atomic E-state index is -3.27. The van der Waals surface area contributed by atoms with Gasteiger partial charge < -0.3 is 10.5 Å². The van der Waals surface area contributed by atoms with Crippen LogP contribution in [0.25, 0.3) is 11.1 Å². The highest BCUT2D eigenvalue weighted by molar-refractivity contribution is 7.94. The topological polar surface area (TPSA) is 90.2 Å². The Kier molecular flexibility index (Phi) is 4.13. The van der Waals surface area contributed by atoms with Gasteiger partial charge in [0.05, 0.1) is 11.8 Å². The summed E-state index contributed by atoms with van der Waals surface area (Å²) >= 11 is 7.38. The molecule has 0 spiro atoms. The van der Waals surface area contributed by atoms with E-state index in [-0.39, 0.29) is 11.4 Å². The van der Waals surface area contributed by atoms with Gasteiger partial charge in [0, 0.05) is 22.6 Å². The van der Waals surface area contributed by atoms with E-state index in [4.69, 9.17) is 11.6 Å². The van der Waals surface area contributed by atoms with Crippen molar-refractivity contribution in [1.29, 1.82) is 0 Å². The van der Waals surface area contributed by atoms with Crippen LogP contribution in [0.2, 0.25) is 4.34 Å². The predicted molar refractivity (Wildman–Crippen MR) is 87.9 cm³/mol. The van der Waals surface area contributed by atoms with E-state index in [0.29, 0.717) is 14.6 Å². The smallest absolute Gasteiger partial charge is 0.317 e. The van der Waals surface area contributed by atoms with Crippen molar-refractivity contribution >= 4 is 38.7 Å². The Morgan fingerprint density at radius 3 is 2.74 bits per heavy atom. The second-order valence-corrected chi connectivity index (χ2v) is 8.42. The summed E-state index contributed by atoms with van der Waals surface area (Å²) in [6.07, 6.45) is 2.66. The fraction of sp³-hybridized carbons (Fsp3) is 0.143. The SMILES string of the molecule is O=C(NC1C=CS(=O)(=O)C1)c1ccc(-c2ccsc2Cl)c[n+]1[O-]. The first-order valence-electron chi connectivity index (χ1n) is 6.54. The molecule has 2 aromatic heterocycles. The molecule has 0 saturated carbocycles. The molecule has 0 fully saturated rings. The van der Waals surface area contributed by atoms with Crippen LogP contribution in [-0.4, -0.2) is 26.1 Å². The van der Waals surface area contributed by atoms with Crippen LogP contribution in [0.5, 0.6) is 0 Å². The monoisotopic (exact) mass is 370 g/mol. The number of carbonyl (C=O) groups excluding carboxylic acids is 1. The van der Waals surface area contributed by atoms with E-state index in [1.165, 1.54) is 29.7 Å². The first-order valence-corrected chi connectivity index (χ1v) is 9.51. The molecule has 0 aliphatic carbocycles. The van der Waals surface area contributed by atoms with Crippen LogP contribution in [0.15, 0.2) is 41.3 Å². The van der Waals surface area contributed by atoms with E-state index in [1.807, 2.05) is 0 Å². The van der Waals surface area contributed by atoms with E-state index in [0.717, 1.165) is 11.0 Å². The van der Waals surface area contributed by atoms with Crippen molar-refractivity contribution in [3.8, 4) is 11.1 Å². The van der Waals surface area contributed by atoms with Gasteiger partial charge in [-0.2, -0.15) is 4.73 Å². The molecule has 3 rings (SSSR count). The molecule has 0 bridgehead atoms. The summed E-state index contributed by atoms with van der Waals surface area (Å²) < 4.78 is 23.6. The molecule has 6 nitrogen and oxygen atoms in total. The van der Waals surface area contributed by atoms with Gasteiger partial charge in [-0.05, 0) is 23.6 Å². The van der Waals surface area contributed by atoms with E-state index >= 15 is 0 Å². The molecule has 3 heterocycles. The highest BCUT2D eigenvalue weighted by atomic mass is 35.5. The number of halogens is 1. The van der Waals surface area contributed by atoms with Crippen LogP contribution in [-0.2, 0) is 9.84 Å². The van der Waals surface area contributed by atoms with E-state index in [1.54, 1.807) is 17.5 Å². The molecule has 2 aromatic rings. The number of nitrogens with zero attached hydrogens (tertiary/aromatic N) is 1. The number of amides is 1. The van der Waals surface area contributed by atoms with Crippen LogP contribution >= 0.6 is 22.9 Å². The quantitative estimate of drug-likeness (QED) is 0.658. The molecule has 9 heteroatoms. The van der Waals surface area contributed by atoms with Gasteiger partial charge in [-0.3, -0.25) is 4.79 Å². The van der Waals surface area contributed by atoms with Gasteiger partial charge in [-0.25, -0.2) is 8.42 Å². The molecule has 0 aromatic carbocycles. The molecule has 120 valence electrons. The number of carbonyl (C=O) groups is 1. The fourth-order valence-electron chi connectivity index (χ4n) is 2.22. The van der Waals surface area contributed by atoms with Crippen molar-refractivity contribution in [3.63, 3.8) is 0 Å². The minimum absolute atomic E-state index is 0.113. The average Bonchev–Trinajstić information content (AvgIpc) is 3.04. The highest BCUT2D eigenvalue weighted by Gasteiger charge is 2.26.